The Morgan fingerprint density at radius 2 is 1.90 bits per heavy atom. The van der Waals surface area contributed by atoms with Crippen LogP contribution in [0.3, 0.4) is 0 Å². The molecule has 160 valence electrons. The van der Waals surface area contributed by atoms with E-state index in [0.29, 0.717) is 13.1 Å². The van der Waals surface area contributed by atoms with Crippen LogP contribution in [-0.2, 0) is 19.2 Å². The number of benzene rings is 1. The van der Waals surface area contributed by atoms with Crippen molar-refractivity contribution in [1.29, 1.82) is 0 Å². The number of aliphatic carboxylic acids is 1. The van der Waals surface area contributed by atoms with Crippen molar-refractivity contribution in [2.75, 3.05) is 19.6 Å². The topological polar surface area (TPSA) is 142 Å². The SMILES string of the molecule is CC1(C)NCCN(CC(=O)NC(CCC(N)=O)C(=O)O)C1=O.Cc1ccccc1. The van der Waals surface area contributed by atoms with Gasteiger partial charge in [-0.2, -0.15) is 0 Å². The van der Waals surface area contributed by atoms with Crippen LogP contribution in [0.25, 0.3) is 0 Å². The first-order valence-corrected chi connectivity index (χ1v) is 9.39. The number of rotatable bonds is 7. The molecule has 0 saturated carbocycles. The second kappa shape index (κ2) is 11.2. The maximum atomic E-state index is 12.1. The number of primary amides is 1. The standard InChI is InChI=1S/C13H22N4O5.C7H8/c1-13(2)12(22)17(6-5-15-13)7-10(19)16-8(11(20)21)3-4-9(14)18;1-7-5-3-2-4-6-7/h8,15H,3-7H2,1-2H3,(H2,14,18)(H,16,19)(H,20,21);2-6H,1H3. The van der Waals surface area contributed by atoms with Gasteiger partial charge in [0.2, 0.25) is 17.7 Å². The number of hydrogen-bond donors (Lipinski definition) is 4. The quantitative estimate of drug-likeness (QED) is 0.503. The summed E-state index contributed by atoms with van der Waals surface area (Å²) < 4.78 is 0. The molecular formula is C20H30N4O5. The minimum absolute atomic E-state index is 0.0859. The van der Waals surface area contributed by atoms with Gasteiger partial charge >= 0.3 is 5.97 Å². The van der Waals surface area contributed by atoms with Crippen LogP contribution in [0.1, 0.15) is 32.3 Å². The van der Waals surface area contributed by atoms with Gasteiger partial charge in [0, 0.05) is 19.5 Å². The molecule has 5 N–H and O–H groups in total. The van der Waals surface area contributed by atoms with Gasteiger partial charge in [0.15, 0.2) is 0 Å². The van der Waals surface area contributed by atoms with Gasteiger partial charge in [-0.05, 0) is 27.2 Å². The van der Waals surface area contributed by atoms with Gasteiger partial charge < -0.3 is 26.4 Å². The Hall–Kier alpha value is -2.94. The number of carbonyl (C=O) groups is 4. The Labute approximate surface area is 170 Å². The molecule has 1 unspecified atom stereocenters. The number of piperazine rings is 1. The average molecular weight is 406 g/mol. The predicted octanol–water partition coefficient (Wildman–Crippen LogP) is 0.0267. The highest BCUT2D eigenvalue weighted by atomic mass is 16.4. The molecule has 1 aromatic carbocycles. The smallest absolute Gasteiger partial charge is 0.326 e. The summed E-state index contributed by atoms with van der Waals surface area (Å²) in [5.74, 6) is -2.69. The van der Waals surface area contributed by atoms with Crippen LogP contribution >= 0.6 is 0 Å². The predicted molar refractivity (Wildman–Crippen MR) is 108 cm³/mol. The van der Waals surface area contributed by atoms with Crippen LogP contribution in [0, 0.1) is 6.92 Å². The van der Waals surface area contributed by atoms with E-state index in [-0.39, 0.29) is 25.3 Å². The van der Waals surface area contributed by atoms with Crippen molar-refractivity contribution in [3.63, 3.8) is 0 Å². The molecule has 0 aromatic heterocycles. The van der Waals surface area contributed by atoms with E-state index in [1.807, 2.05) is 18.2 Å². The molecule has 1 fully saturated rings. The van der Waals surface area contributed by atoms with Crippen molar-refractivity contribution in [2.45, 2.75) is 45.2 Å². The Morgan fingerprint density at radius 1 is 1.28 bits per heavy atom. The zero-order valence-corrected chi connectivity index (χ0v) is 17.1. The lowest BCUT2D eigenvalue weighted by molar-refractivity contribution is -0.145. The Kier molecular flexibility index (Phi) is 9.27. The lowest BCUT2D eigenvalue weighted by Crippen LogP contribution is -2.62. The molecule has 1 aromatic rings. The van der Waals surface area contributed by atoms with E-state index in [0.717, 1.165) is 0 Å². The molecular weight excluding hydrogens is 376 g/mol. The molecule has 9 nitrogen and oxygen atoms in total. The van der Waals surface area contributed by atoms with Crippen LogP contribution in [0.15, 0.2) is 30.3 Å². The maximum Gasteiger partial charge on any atom is 0.326 e. The first-order valence-electron chi connectivity index (χ1n) is 9.39. The number of amides is 3. The molecule has 1 heterocycles. The van der Waals surface area contributed by atoms with Crippen molar-refractivity contribution in [3.05, 3.63) is 35.9 Å². The van der Waals surface area contributed by atoms with Crippen LogP contribution in [0.5, 0.6) is 0 Å². The summed E-state index contributed by atoms with van der Waals surface area (Å²) in [7, 11) is 0. The highest BCUT2D eigenvalue weighted by Gasteiger charge is 2.36. The van der Waals surface area contributed by atoms with Gasteiger partial charge in [-0.25, -0.2) is 4.79 Å². The van der Waals surface area contributed by atoms with Gasteiger partial charge in [0.05, 0.1) is 12.1 Å². The third-order valence-electron chi connectivity index (χ3n) is 4.36. The van der Waals surface area contributed by atoms with Gasteiger partial charge in [-0.3, -0.25) is 14.4 Å². The third-order valence-corrected chi connectivity index (χ3v) is 4.36. The minimum atomic E-state index is -1.25. The zero-order valence-electron chi connectivity index (χ0n) is 17.1. The van der Waals surface area contributed by atoms with Gasteiger partial charge in [-0.15, -0.1) is 0 Å². The molecule has 2 rings (SSSR count). The Morgan fingerprint density at radius 3 is 2.38 bits per heavy atom. The number of aryl methyl sites for hydroxylation is 1. The molecule has 1 saturated heterocycles. The highest BCUT2D eigenvalue weighted by Crippen LogP contribution is 2.12. The number of nitrogens with zero attached hydrogens (tertiary/aromatic N) is 1. The highest BCUT2D eigenvalue weighted by molar-refractivity contribution is 5.91. The molecule has 1 aliphatic rings. The fourth-order valence-electron chi connectivity index (χ4n) is 2.72. The molecule has 1 atom stereocenters. The van der Waals surface area contributed by atoms with E-state index in [4.69, 9.17) is 10.8 Å². The molecule has 0 aliphatic carbocycles. The second-order valence-corrected chi connectivity index (χ2v) is 7.40. The van der Waals surface area contributed by atoms with E-state index in [9.17, 15) is 19.2 Å². The number of nitrogens with two attached hydrogens (primary N) is 1. The lowest BCUT2D eigenvalue weighted by atomic mass is 10.0. The molecule has 0 bridgehead atoms. The summed E-state index contributed by atoms with van der Waals surface area (Å²) in [5, 5.41) is 14.4. The van der Waals surface area contributed by atoms with Crippen molar-refractivity contribution in [3.8, 4) is 0 Å². The summed E-state index contributed by atoms with van der Waals surface area (Å²) in [4.78, 5) is 47.2. The van der Waals surface area contributed by atoms with Crippen LogP contribution < -0.4 is 16.4 Å². The van der Waals surface area contributed by atoms with E-state index < -0.39 is 29.4 Å². The first-order chi connectivity index (χ1) is 13.5. The van der Waals surface area contributed by atoms with Gasteiger partial charge in [0.25, 0.3) is 0 Å². The molecule has 0 radical (unpaired) electrons. The molecule has 0 spiro atoms. The Balaban J connectivity index is 0.000000502. The van der Waals surface area contributed by atoms with E-state index in [1.54, 1.807) is 13.8 Å². The molecule has 9 heteroatoms. The van der Waals surface area contributed by atoms with Gasteiger partial charge in [0.1, 0.15) is 6.04 Å². The second-order valence-electron chi connectivity index (χ2n) is 7.40. The fraction of sp³-hybridized carbons (Fsp3) is 0.500. The van der Waals surface area contributed by atoms with E-state index in [2.05, 4.69) is 29.7 Å². The summed E-state index contributed by atoms with van der Waals surface area (Å²) >= 11 is 0. The summed E-state index contributed by atoms with van der Waals surface area (Å²) in [6.07, 6.45) is -0.228. The molecule has 29 heavy (non-hydrogen) atoms. The minimum Gasteiger partial charge on any atom is -0.480 e. The summed E-state index contributed by atoms with van der Waals surface area (Å²) in [6.45, 7) is 6.22. The van der Waals surface area contributed by atoms with Crippen molar-refractivity contribution in [1.82, 2.24) is 15.5 Å². The number of carboxylic acids is 1. The number of hydrogen-bond acceptors (Lipinski definition) is 5. The Bertz CT molecular complexity index is 721. The van der Waals surface area contributed by atoms with Crippen molar-refractivity contribution in [2.24, 2.45) is 5.73 Å². The number of carbonyl (C=O) groups excluding carboxylic acids is 3. The molecule has 3 amide bonds. The van der Waals surface area contributed by atoms with Crippen molar-refractivity contribution >= 4 is 23.7 Å². The first kappa shape index (κ1) is 24.1. The normalized spacial score (nSPS) is 16.2. The zero-order chi connectivity index (χ0) is 22.0. The summed E-state index contributed by atoms with van der Waals surface area (Å²) in [6, 6.07) is 9.06. The largest absolute Gasteiger partial charge is 0.480 e. The lowest BCUT2D eigenvalue weighted by Gasteiger charge is -2.37. The average Bonchev–Trinajstić information content (AvgIpc) is 2.63. The molecule has 1 aliphatic heterocycles. The van der Waals surface area contributed by atoms with Crippen LogP contribution in [0.2, 0.25) is 0 Å². The van der Waals surface area contributed by atoms with Crippen LogP contribution in [-0.4, -0.2) is 64.9 Å². The van der Waals surface area contributed by atoms with Crippen LogP contribution in [0.4, 0.5) is 0 Å². The summed E-state index contributed by atoms with van der Waals surface area (Å²) in [5.41, 5.74) is 5.53. The van der Waals surface area contributed by atoms with Gasteiger partial charge in [-0.1, -0.05) is 35.9 Å². The number of nitrogens with one attached hydrogen (secondary N) is 2. The van der Waals surface area contributed by atoms with E-state index >= 15 is 0 Å². The third kappa shape index (κ3) is 8.73. The van der Waals surface area contributed by atoms with E-state index in [1.165, 1.54) is 10.5 Å². The fourth-order valence-corrected chi connectivity index (χ4v) is 2.72. The van der Waals surface area contributed by atoms with Crippen molar-refractivity contribution < 1.29 is 24.3 Å². The number of carboxylic acid groups (broad SMARTS) is 1. The maximum absolute atomic E-state index is 12.1. The monoisotopic (exact) mass is 406 g/mol.